The molecule has 3 nitrogen and oxygen atoms in total. The van der Waals surface area contributed by atoms with Crippen LogP contribution in [0.5, 0.6) is 0 Å². The fourth-order valence-corrected chi connectivity index (χ4v) is 1.94. The number of rotatable bonds is 2. The molecule has 0 atom stereocenters. The molecule has 0 saturated heterocycles. The van der Waals surface area contributed by atoms with Crippen molar-refractivity contribution in [2.45, 2.75) is 25.8 Å². The third-order valence-electron chi connectivity index (χ3n) is 2.09. The number of anilines is 1. The molecule has 13 heavy (non-hydrogen) atoms. The van der Waals surface area contributed by atoms with E-state index in [1.807, 2.05) is 6.92 Å². The fraction of sp³-hybridized carbons (Fsp3) is 0.444. The number of carbonyl (C=O) groups is 1. The lowest BCUT2D eigenvalue weighted by atomic mass is 10.3. The molecular formula is C9H12N2OS. The van der Waals surface area contributed by atoms with Gasteiger partial charge in [0.05, 0.1) is 4.88 Å². The Bertz CT molecular complexity index is 322. The van der Waals surface area contributed by atoms with Crippen molar-refractivity contribution in [3.05, 3.63) is 15.8 Å². The van der Waals surface area contributed by atoms with Gasteiger partial charge in [0.15, 0.2) is 0 Å². The minimum atomic E-state index is 0.0206. The van der Waals surface area contributed by atoms with E-state index in [2.05, 4.69) is 5.32 Å². The van der Waals surface area contributed by atoms with E-state index in [0.29, 0.717) is 11.7 Å². The second-order valence-corrected chi connectivity index (χ2v) is 4.63. The number of hydrogen-bond donors (Lipinski definition) is 2. The van der Waals surface area contributed by atoms with E-state index in [4.69, 9.17) is 5.73 Å². The molecule has 0 radical (unpaired) electrons. The molecule has 0 spiro atoms. The summed E-state index contributed by atoms with van der Waals surface area (Å²) in [6.07, 6.45) is 2.23. The highest BCUT2D eigenvalue weighted by atomic mass is 32.1. The van der Waals surface area contributed by atoms with Gasteiger partial charge in [0, 0.05) is 16.6 Å². The summed E-state index contributed by atoms with van der Waals surface area (Å²) in [6, 6.07) is 2.16. The average molecular weight is 196 g/mol. The lowest BCUT2D eigenvalue weighted by Crippen LogP contribution is -2.24. The highest BCUT2D eigenvalue weighted by Gasteiger charge is 2.24. The van der Waals surface area contributed by atoms with Crippen molar-refractivity contribution in [3.63, 3.8) is 0 Å². The highest BCUT2D eigenvalue weighted by molar-refractivity contribution is 7.14. The fourth-order valence-electron chi connectivity index (χ4n) is 1.09. The van der Waals surface area contributed by atoms with Crippen LogP contribution in [0.25, 0.3) is 0 Å². The first-order chi connectivity index (χ1) is 6.16. The van der Waals surface area contributed by atoms with E-state index in [-0.39, 0.29) is 5.91 Å². The molecule has 0 unspecified atom stereocenters. The molecule has 1 aliphatic carbocycles. The van der Waals surface area contributed by atoms with Crippen LogP contribution in [0.4, 0.5) is 5.69 Å². The third kappa shape index (κ3) is 1.83. The maximum Gasteiger partial charge on any atom is 0.261 e. The topological polar surface area (TPSA) is 55.1 Å². The number of nitrogen functional groups attached to an aromatic ring is 1. The minimum absolute atomic E-state index is 0.0206. The molecule has 1 aliphatic rings. The molecule has 1 amide bonds. The number of carbonyl (C=O) groups excluding carboxylic acids is 1. The summed E-state index contributed by atoms with van der Waals surface area (Å²) in [5.41, 5.74) is 6.37. The molecular weight excluding hydrogens is 184 g/mol. The highest BCUT2D eigenvalue weighted by Crippen LogP contribution is 2.25. The predicted molar refractivity (Wildman–Crippen MR) is 54.0 cm³/mol. The maximum atomic E-state index is 11.5. The Morgan fingerprint density at radius 1 is 1.69 bits per heavy atom. The number of thiophene rings is 1. The molecule has 0 aliphatic heterocycles. The van der Waals surface area contributed by atoms with Gasteiger partial charge in [-0.25, -0.2) is 0 Å². The SMILES string of the molecule is Cc1sc(C(=O)NC2CC2)cc1N. The van der Waals surface area contributed by atoms with Crippen LogP contribution >= 0.6 is 11.3 Å². The Morgan fingerprint density at radius 3 is 2.85 bits per heavy atom. The quantitative estimate of drug-likeness (QED) is 0.753. The van der Waals surface area contributed by atoms with E-state index in [1.54, 1.807) is 6.07 Å². The van der Waals surface area contributed by atoms with E-state index in [1.165, 1.54) is 11.3 Å². The zero-order valence-electron chi connectivity index (χ0n) is 7.46. The van der Waals surface area contributed by atoms with Gasteiger partial charge in [-0.15, -0.1) is 11.3 Å². The molecule has 1 aromatic rings. The monoisotopic (exact) mass is 196 g/mol. The summed E-state index contributed by atoms with van der Waals surface area (Å²) in [7, 11) is 0. The van der Waals surface area contributed by atoms with Crippen molar-refractivity contribution in [3.8, 4) is 0 Å². The maximum absolute atomic E-state index is 11.5. The molecule has 4 heteroatoms. The van der Waals surface area contributed by atoms with Crippen LogP contribution in [-0.4, -0.2) is 11.9 Å². The minimum Gasteiger partial charge on any atom is -0.398 e. The van der Waals surface area contributed by atoms with Crippen molar-refractivity contribution in [2.75, 3.05) is 5.73 Å². The van der Waals surface area contributed by atoms with Crippen molar-refractivity contribution >= 4 is 22.9 Å². The summed E-state index contributed by atoms with van der Waals surface area (Å²) >= 11 is 1.46. The molecule has 70 valence electrons. The number of nitrogens with two attached hydrogens (primary N) is 1. The van der Waals surface area contributed by atoms with Gasteiger partial charge < -0.3 is 11.1 Å². The summed E-state index contributed by atoms with van der Waals surface area (Å²) in [5.74, 6) is 0.0206. The summed E-state index contributed by atoms with van der Waals surface area (Å²) < 4.78 is 0. The second-order valence-electron chi connectivity index (χ2n) is 3.37. The van der Waals surface area contributed by atoms with Gasteiger partial charge in [-0.1, -0.05) is 0 Å². The number of amides is 1. The average Bonchev–Trinajstić information content (AvgIpc) is 2.81. The van der Waals surface area contributed by atoms with Gasteiger partial charge in [-0.05, 0) is 25.8 Å². The Balaban J connectivity index is 2.09. The molecule has 0 bridgehead atoms. The van der Waals surface area contributed by atoms with Crippen LogP contribution < -0.4 is 11.1 Å². The first kappa shape index (κ1) is 8.56. The first-order valence-corrected chi connectivity index (χ1v) is 5.15. The lowest BCUT2D eigenvalue weighted by molar-refractivity contribution is 0.0955. The number of hydrogen-bond acceptors (Lipinski definition) is 3. The van der Waals surface area contributed by atoms with Gasteiger partial charge in [0.25, 0.3) is 5.91 Å². The lowest BCUT2D eigenvalue weighted by Gasteiger charge is -1.98. The Morgan fingerprint density at radius 2 is 2.38 bits per heavy atom. The number of nitrogens with one attached hydrogen (secondary N) is 1. The zero-order chi connectivity index (χ0) is 9.42. The van der Waals surface area contributed by atoms with Crippen molar-refractivity contribution < 1.29 is 4.79 Å². The van der Waals surface area contributed by atoms with Crippen molar-refractivity contribution in [1.29, 1.82) is 0 Å². The Hall–Kier alpha value is -1.03. The predicted octanol–water partition coefficient (Wildman–Crippen LogP) is 1.53. The normalized spacial score (nSPS) is 15.8. The zero-order valence-corrected chi connectivity index (χ0v) is 8.28. The van der Waals surface area contributed by atoms with Crippen LogP contribution in [0.15, 0.2) is 6.07 Å². The smallest absolute Gasteiger partial charge is 0.261 e. The van der Waals surface area contributed by atoms with Crippen LogP contribution in [0.1, 0.15) is 27.4 Å². The van der Waals surface area contributed by atoms with Crippen LogP contribution in [-0.2, 0) is 0 Å². The van der Waals surface area contributed by atoms with Crippen LogP contribution in [0, 0.1) is 6.92 Å². The standard InChI is InChI=1S/C9H12N2OS/c1-5-7(10)4-8(13-5)9(12)11-6-2-3-6/h4,6H,2-3,10H2,1H3,(H,11,12). The van der Waals surface area contributed by atoms with Crippen molar-refractivity contribution in [2.24, 2.45) is 0 Å². The molecule has 3 N–H and O–H groups in total. The van der Waals surface area contributed by atoms with Gasteiger partial charge >= 0.3 is 0 Å². The van der Waals surface area contributed by atoms with E-state index in [0.717, 1.165) is 22.6 Å². The first-order valence-electron chi connectivity index (χ1n) is 4.33. The molecule has 1 saturated carbocycles. The third-order valence-corrected chi connectivity index (χ3v) is 3.16. The Kier molecular flexibility index (Phi) is 2.00. The van der Waals surface area contributed by atoms with E-state index < -0.39 is 0 Å². The van der Waals surface area contributed by atoms with Crippen molar-refractivity contribution in [1.82, 2.24) is 5.32 Å². The van der Waals surface area contributed by atoms with E-state index >= 15 is 0 Å². The summed E-state index contributed by atoms with van der Waals surface area (Å²) in [6.45, 7) is 1.92. The van der Waals surface area contributed by atoms with Crippen LogP contribution in [0.3, 0.4) is 0 Å². The van der Waals surface area contributed by atoms with Gasteiger partial charge in [0.1, 0.15) is 0 Å². The molecule has 0 aromatic carbocycles. The molecule has 2 rings (SSSR count). The second kappa shape index (κ2) is 3.03. The summed E-state index contributed by atoms with van der Waals surface area (Å²) in [4.78, 5) is 13.2. The largest absolute Gasteiger partial charge is 0.398 e. The summed E-state index contributed by atoms with van der Waals surface area (Å²) in [5, 5.41) is 2.93. The molecule has 1 fully saturated rings. The Labute approximate surface area is 80.9 Å². The van der Waals surface area contributed by atoms with Gasteiger partial charge in [-0.2, -0.15) is 0 Å². The van der Waals surface area contributed by atoms with Gasteiger partial charge in [-0.3, -0.25) is 4.79 Å². The molecule has 1 aromatic heterocycles. The van der Waals surface area contributed by atoms with Gasteiger partial charge in [0.2, 0.25) is 0 Å². The number of aryl methyl sites for hydroxylation is 1. The molecule has 1 heterocycles. The van der Waals surface area contributed by atoms with Crippen LogP contribution in [0.2, 0.25) is 0 Å². The van der Waals surface area contributed by atoms with E-state index in [9.17, 15) is 4.79 Å².